The third-order valence-corrected chi connectivity index (χ3v) is 10.7. The van der Waals surface area contributed by atoms with Gasteiger partial charge in [0, 0.05) is 18.2 Å². The summed E-state index contributed by atoms with van der Waals surface area (Å²) in [7, 11) is 1.58. The van der Waals surface area contributed by atoms with Crippen molar-refractivity contribution in [2.75, 3.05) is 13.7 Å². The fraction of sp³-hybridized carbons (Fsp3) is 0.556. The summed E-state index contributed by atoms with van der Waals surface area (Å²) >= 11 is 0. The van der Waals surface area contributed by atoms with Gasteiger partial charge in [-0.1, -0.05) is 144 Å². The Kier molecular flexibility index (Phi) is 19.9. The number of hydrogen-bond acceptors (Lipinski definition) is 4. The average molecular weight is 669 g/mol. The second-order valence-electron chi connectivity index (χ2n) is 14.4. The number of benzene rings is 3. The second kappa shape index (κ2) is 24.1. The predicted molar refractivity (Wildman–Crippen MR) is 205 cm³/mol. The number of carbonyl (C=O) groups excluding carboxylic acids is 2. The van der Waals surface area contributed by atoms with E-state index in [1.54, 1.807) is 7.11 Å². The Morgan fingerprint density at radius 3 is 1.37 bits per heavy atom. The molecule has 0 saturated heterocycles. The van der Waals surface area contributed by atoms with Crippen LogP contribution in [0, 0.1) is 11.8 Å². The molecule has 0 aromatic heterocycles. The monoisotopic (exact) mass is 668 g/mol. The van der Waals surface area contributed by atoms with Crippen molar-refractivity contribution < 1.29 is 19.4 Å². The van der Waals surface area contributed by atoms with E-state index in [4.69, 9.17) is 4.74 Å². The maximum absolute atomic E-state index is 10.7. The number of aldehydes is 2. The van der Waals surface area contributed by atoms with Crippen LogP contribution in [-0.2, 0) is 4.74 Å². The topological polar surface area (TPSA) is 63.6 Å². The first-order valence-corrected chi connectivity index (χ1v) is 19.3. The number of unbranched alkanes of at least 4 members (excludes halogenated alkanes) is 4. The molecule has 0 spiro atoms. The molecule has 1 atom stereocenters. The van der Waals surface area contributed by atoms with Crippen LogP contribution in [0.5, 0.6) is 0 Å². The van der Waals surface area contributed by atoms with Crippen molar-refractivity contribution in [3.63, 3.8) is 0 Å². The molecule has 0 bridgehead atoms. The molecule has 1 N–H and O–H groups in total. The first-order valence-electron chi connectivity index (χ1n) is 19.3. The zero-order valence-corrected chi connectivity index (χ0v) is 30.7. The molecule has 49 heavy (non-hydrogen) atoms. The van der Waals surface area contributed by atoms with Gasteiger partial charge < -0.3 is 9.84 Å². The molecule has 4 nitrogen and oxygen atoms in total. The predicted octanol–water partition coefficient (Wildman–Crippen LogP) is 12.1. The van der Waals surface area contributed by atoms with Crippen LogP contribution in [0.4, 0.5) is 0 Å². The van der Waals surface area contributed by atoms with E-state index in [-0.39, 0.29) is 0 Å². The van der Waals surface area contributed by atoms with Gasteiger partial charge in [-0.3, -0.25) is 9.59 Å². The van der Waals surface area contributed by atoms with Gasteiger partial charge in [-0.05, 0) is 91.7 Å². The van der Waals surface area contributed by atoms with Crippen LogP contribution in [0.1, 0.15) is 172 Å². The highest BCUT2D eigenvalue weighted by Crippen LogP contribution is 2.39. The highest BCUT2D eigenvalue weighted by molar-refractivity contribution is 5.75. The Bertz CT molecular complexity index is 1180. The summed E-state index contributed by atoms with van der Waals surface area (Å²) in [5.41, 5.74) is 5.33. The fourth-order valence-electron chi connectivity index (χ4n) is 7.56. The van der Waals surface area contributed by atoms with Crippen molar-refractivity contribution in [1.29, 1.82) is 0 Å². The number of ether oxygens (including phenoxy) is 1. The van der Waals surface area contributed by atoms with Crippen LogP contribution >= 0.6 is 0 Å². The molecule has 2 aliphatic rings. The zero-order valence-electron chi connectivity index (χ0n) is 30.7. The lowest BCUT2D eigenvalue weighted by molar-refractivity contribution is 0.0644. The molecule has 3 aromatic carbocycles. The van der Waals surface area contributed by atoms with Gasteiger partial charge in [0.2, 0.25) is 0 Å². The molecule has 3 aromatic rings. The average Bonchev–Trinajstić information content (AvgIpc) is 3.17. The molecule has 0 amide bonds. The van der Waals surface area contributed by atoms with Crippen molar-refractivity contribution in [1.82, 2.24) is 0 Å². The third kappa shape index (κ3) is 15.1. The van der Waals surface area contributed by atoms with Gasteiger partial charge in [0.1, 0.15) is 18.7 Å². The van der Waals surface area contributed by atoms with E-state index in [0.29, 0.717) is 6.61 Å². The largest absolute Gasteiger partial charge is 0.386 e. The number of rotatable bonds is 15. The molecule has 2 aliphatic carbocycles. The zero-order chi connectivity index (χ0) is 35.1. The van der Waals surface area contributed by atoms with E-state index in [0.717, 1.165) is 52.9 Å². The van der Waals surface area contributed by atoms with Gasteiger partial charge in [-0.25, -0.2) is 0 Å². The standard InChI is InChI=1S/2C18H26O.C9H12O2/c2*1-2-3-4-5-15-6-10-17(11-7-15)18-12-8-16(14-19)9-13-18;1-11-7-9(10)8-5-3-2-4-6-8/h2*8-9,12-15,17H,2-7,10-11H2,1H3;2-6,9-10H,7H2,1H3. The van der Waals surface area contributed by atoms with Crippen LogP contribution in [-0.4, -0.2) is 31.4 Å². The van der Waals surface area contributed by atoms with E-state index in [9.17, 15) is 14.7 Å². The number of aliphatic hydroxyl groups is 1. The van der Waals surface area contributed by atoms with Gasteiger partial charge in [-0.2, -0.15) is 0 Å². The van der Waals surface area contributed by atoms with E-state index in [1.807, 2.05) is 54.6 Å². The lowest BCUT2D eigenvalue weighted by Crippen LogP contribution is -2.13. The minimum absolute atomic E-state index is 0.351. The van der Waals surface area contributed by atoms with Crippen molar-refractivity contribution in [2.24, 2.45) is 11.8 Å². The molecule has 2 fully saturated rings. The van der Waals surface area contributed by atoms with Gasteiger partial charge in [0.05, 0.1) is 6.61 Å². The van der Waals surface area contributed by atoms with Crippen molar-refractivity contribution in [2.45, 2.75) is 135 Å². The van der Waals surface area contributed by atoms with Crippen molar-refractivity contribution >= 4 is 12.6 Å². The van der Waals surface area contributed by atoms with Crippen LogP contribution in [0.3, 0.4) is 0 Å². The summed E-state index contributed by atoms with van der Waals surface area (Å²) in [5, 5.41) is 9.40. The van der Waals surface area contributed by atoms with Gasteiger partial charge >= 0.3 is 0 Å². The summed E-state index contributed by atoms with van der Waals surface area (Å²) in [6.45, 7) is 4.91. The maximum Gasteiger partial charge on any atom is 0.150 e. The number of aliphatic hydroxyl groups excluding tert-OH is 1. The number of carbonyl (C=O) groups is 2. The fourth-order valence-corrected chi connectivity index (χ4v) is 7.56. The normalized spacial score (nSPS) is 20.9. The molecule has 0 heterocycles. The summed E-state index contributed by atoms with van der Waals surface area (Å²) in [4.78, 5) is 21.3. The molecule has 1 unspecified atom stereocenters. The number of hydrogen-bond donors (Lipinski definition) is 1. The molecular formula is C45H64O4. The van der Waals surface area contributed by atoms with Crippen LogP contribution < -0.4 is 0 Å². The Hall–Kier alpha value is -3.08. The maximum atomic E-state index is 10.7. The third-order valence-electron chi connectivity index (χ3n) is 10.7. The van der Waals surface area contributed by atoms with Gasteiger partial charge in [0.25, 0.3) is 0 Å². The summed E-state index contributed by atoms with van der Waals surface area (Å²) in [6.07, 6.45) is 23.4. The molecule has 5 rings (SSSR count). The van der Waals surface area contributed by atoms with Crippen LogP contribution in [0.2, 0.25) is 0 Å². The summed E-state index contributed by atoms with van der Waals surface area (Å²) < 4.78 is 4.81. The SMILES string of the molecule is CCCCCC1CCC(c2ccc(C=O)cc2)CC1.CCCCCC1CCC(c2ccc(C=O)cc2)CC1.COCC(O)c1ccccc1. The van der Waals surface area contributed by atoms with Gasteiger partial charge in [0.15, 0.2) is 0 Å². The smallest absolute Gasteiger partial charge is 0.150 e. The molecule has 0 aliphatic heterocycles. The van der Waals surface area contributed by atoms with Crippen LogP contribution in [0.15, 0.2) is 78.9 Å². The van der Waals surface area contributed by atoms with E-state index >= 15 is 0 Å². The highest BCUT2D eigenvalue weighted by Gasteiger charge is 2.23. The van der Waals surface area contributed by atoms with E-state index < -0.39 is 6.10 Å². The molecule has 4 heteroatoms. The van der Waals surface area contributed by atoms with Crippen molar-refractivity contribution in [3.05, 3.63) is 107 Å². The molecular weight excluding hydrogens is 604 g/mol. The first kappa shape index (κ1) is 40.4. The first-order chi connectivity index (χ1) is 24.0. The lowest BCUT2D eigenvalue weighted by atomic mass is 9.77. The Morgan fingerprint density at radius 2 is 1.02 bits per heavy atom. The Balaban J connectivity index is 0.000000207. The quantitative estimate of drug-likeness (QED) is 0.129. The minimum Gasteiger partial charge on any atom is -0.386 e. The Morgan fingerprint density at radius 1 is 0.612 bits per heavy atom. The molecule has 268 valence electrons. The minimum atomic E-state index is -0.499. The summed E-state index contributed by atoms with van der Waals surface area (Å²) in [5.74, 6) is 3.39. The number of methoxy groups -OCH3 is 1. The second-order valence-corrected chi connectivity index (χ2v) is 14.4. The van der Waals surface area contributed by atoms with Crippen LogP contribution in [0.25, 0.3) is 0 Å². The van der Waals surface area contributed by atoms with Gasteiger partial charge in [-0.15, -0.1) is 0 Å². The summed E-state index contributed by atoms with van der Waals surface area (Å²) in [6, 6.07) is 25.9. The van der Waals surface area contributed by atoms with E-state index in [2.05, 4.69) is 38.1 Å². The highest BCUT2D eigenvalue weighted by atomic mass is 16.5. The molecule has 2 saturated carbocycles. The Labute approximate surface area is 298 Å². The van der Waals surface area contributed by atoms with E-state index in [1.165, 1.54) is 114 Å². The lowest BCUT2D eigenvalue weighted by Gasteiger charge is -2.29. The molecule has 0 radical (unpaired) electrons. The van der Waals surface area contributed by atoms with Crippen molar-refractivity contribution in [3.8, 4) is 0 Å².